The molecule has 2 aromatic heterocycles. The number of hydrogen-bond donors (Lipinski definition) is 1. The average molecular weight is 398 g/mol. The predicted octanol–water partition coefficient (Wildman–Crippen LogP) is 3.31. The van der Waals surface area contributed by atoms with Crippen LogP contribution in [0.5, 0.6) is 11.5 Å². The third kappa shape index (κ3) is 3.84. The Morgan fingerprint density at radius 1 is 1.15 bits per heavy atom. The normalized spacial score (nSPS) is 13.2. The van der Waals surface area contributed by atoms with E-state index in [9.17, 15) is 4.79 Å². The molecule has 7 heteroatoms. The Morgan fingerprint density at radius 2 is 1.96 bits per heavy atom. The van der Waals surface area contributed by atoms with Gasteiger partial charge < -0.3 is 14.8 Å². The molecular weight excluding hydrogens is 380 g/mol. The van der Waals surface area contributed by atoms with Crippen molar-refractivity contribution in [2.75, 3.05) is 6.79 Å². The van der Waals surface area contributed by atoms with Crippen molar-refractivity contribution in [1.29, 1.82) is 0 Å². The average Bonchev–Trinajstić information content (AvgIpc) is 3.38. The standard InChI is InChI=1S/C20H16N2O3S2/c23-19(17-5-4-10-27-17)18(22-8-2-1-3-9-22)20(26)21-12-14-6-7-15-16(11-14)25-13-24-15/h1-11,18H,12-13H2/p+1/t18-/m1/s1. The van der Waals surface area contributed by atoms with E-state index < -0.39 is 6.04 Å². The zero-order valence-electron chi connectivity index (χ0n) is 14.3. The van der Waals surface area contributed by atoms with Crippen molar-refractivity contribution in [3.05, 3.63) is 76.7 Å². The van der Waals surface area contributed by atoms with E-state index in [0.29, 0.717) is 16.4 Å². The zero-order chi connectivity index (χ0) is 18.6. The van der Waals surface area contributed by atoms with Crippen molar-refractivity contribution in [2.45, 2.75) is 12.6 Å². The van der Waals surface area contributed by atoms with E-state index in [-0.39, 0.29) is 12.6 Å². The summed E-state index contributed by atoms with van der Waals surface area (Å²) >= 11 is 7.02. The number of nitrogens with zero attached hydrogens (tertiary/aromatic N) is 1. The van der Waals surface area contributed by atoms with E-state index in [1.165, 1.54) is 11.3 Å². The summed E-state index contributed by atoms with van der Waals surface area (Å²) in [7, 11) is 0. The molecule has 0 aliphatic carbocycles. The van der Waals surface area contributed by atoms with E-state index in [1.807, 2.05) is 70.9 Å². The van der Waals surface area contributed by atoms with Gasteiger partial charge in [-0.05, 0) is 29.1 Å². The van der Waals surface area contributed by atoms with E-state index in [2.05, 4.69) is 5.32 Å². The number of ether oxygens (including phenoxy) is 2. The molecule has 3 aromatic rings. The molecule has 5 nitrogen and oxygen atoms in total. The molecule has 1 atom stereocenters. The number of carbonyl (C=O) groups is 1. The van der Waals surface area contributed by atoms with E-state index >= 15 is 0 Å². The zero-order valence-corrected chi connectivity index (χ0v) is 16.0. The smallest absolute Gasteiger partial charge is 0.271 e. The Hall–Kier alpha value is -2.77. The number of thiophene rings is 1. The van der Waals surface area contributed by atoms with Gasteiger partial charge in [-0.1, -0.05) is 30.4 Å². The van der Waals surface area contributed by atoms with Crippen molar-refractivity contribution in [1.82, 2.24) is 5.32 Å². The Balaban J connectivity index is 1.53. The lowest BCUT2D eigenvalue weighted by molar-refractivity contribution is -0.692. The monoisotopic (exact) mass is 397 g/mol. The second kappa shape index (κ2) is 7.85. The van der Waals surface area contributed by atoms with Crippen LogP contribution in [-0.4, -0.2) is 17.6 Å². The molecule has 1 aromatic carbocycles. The highest BCUT2D eigenvalue weighted by molar-refractivity contribution is 7.80. The summed E-state index contributed by atoms with van der Waals surface area (Å²) in [6.45, 7) is 0.740. The lowest BCUT2D eigenvalue weighted by Crippen LogP contribution is -2.51. The van der Waals surface area contributed by atoms with Gasteiger partial charge in [0.15, 0.2) is 28.9 Å². The largest absolute Gasteiger partial charge is 0.454 e. The number of rotatable bonds is 6. The molecule has 0 saturated carbocycles. The third-order valence-electron chi connectivity index (χ3n) is 4.20. The first-order valence-electron chi connectivity index (χ1n) is 8.42. The van der Waals surface area contributed by atoms with Gasteiger partial charge in [0.25, 0.3) is 6.04 Å². The van der Waals surface area contributed by atoms with Crippen LogP contribution in [0, 0.1) is 0 Å². The number of ketones is 1. The number of nitrogens with one attached hydrogen (secondary N) is 1. The molecule has 0 radical (unpaired) electrons. The van der Waals surface area contributed by atoms with Crippen LogP contribution in [0.4, 0.5) is 0 Å². The molecule has 27 heavy (non-hydrogen) atoms. The van der Waals surface area contributed by atoms with E-state index in [0.717, 1.165) is 17.1 Å². The van der Waals surface area contributed by atoms with Crippen molar-refractivity contribution in [3.63, 3.8) is 0 Å². The molecule has 0 saturated heterocycles. The maximum absolute atomic E-state index is 13.0. The Labute approximate surface area is 166 Å². The van der Waals surface area contributed by atoms with Crippen LogP contribution in [0.1, 0.15) is 21.3 Å². The number of fused-ring (bicyclic) bond motifs is 1. The lowest BCUT2D eigenvalue weighted by Gasteiger charge is -2.14. The second-order valence-electron chi connectivity index (χ2n) is 5.97. The predicted molar refractivity (Wildman–Crippen MR) is 106 cm³/mol. The highest BCUT2D eigenvalue weighted by Gasteiger charge is 2.33. The first-order valence-corrected chi connectivity index (χ1v) is 9.71. The van der Waals surface area contributed by atoms with Crippen LogP contribution in [0.2, 0.25) is 0 Å². The van der Waals surface area contributed by atoms with Gasteiger partial charge >= 0.3 is 0 Å². The summed E-state index contributed by atoms with van der Waals surface area (Å²) < 4.78 is 12.6. The molecular formula is C20H17N2O3S2+. The summed E-state index contributed by atoms with van der Waals surface area (Å²) in [5.41, 5.74) is 1.00. The molecule has 1 aliphatic rings. The van der Waals surface area contributed by atoms with Crippen LogP contribution in [0.3, 0.4) is 0 Å². The summed E-state index contributed by atoms with van der Waals surface area (Å²) in [5, 5.41) is 5.12. The minimum Gasteiger partial charge on any atom is -0.454 e. The molecule has 0 fully saturated rings. The maximum Gasteiger partial charge on any atom is 0.271 e. The van der Waals surface area contributed by atoms with Crippen molar-refractivity contribution < 1.29 is 18.8 Å². The topological polar surface area (TPSA) is 51.4 Å². The first kappa shape index (κ1) is 17.6. The fraction of sp³-hybridized carbons (Fsp3) is 0.150. The van der Waals surface area contributed by atoms with Gasteiger partial charge in [-0.2, -0.15) is 4.57 Å². The van der Waals surface area contributed by atoms with Crippen LogP contribution in [0.25, 0.3) is 0 Å². The van der Waals surface area contributed by atoms with Gasteiger partial charge in [-0.25, -0.2) is 0 Å². The van der Waals surface area contributed by atoms with Crippen LogP contribution in [0.15, 0.2) is 66.3 Å². The summed E-state index contributed by atoms with van der Waals surface area (Å²) in [6, 6.07) is 14.5. The van der Waals surface area contributed by atoms with E-state index in [4.69, 9.17) is 21.7 Å². The molecule has 3 heterocycles. The molecule has 4 rings (SSSR count). The quantitative estimate of drug-likeness (QED) is 0.393. The Kier molecular flexibility index (Phi) is 5.13. The fourth-order valence-corrected chi connectivity index (χ4v) is 3.85. The number of carbonyl (C=O) groups excluding carboxylic acids is 1. The number of thiocarbonyl (C=S) groups is 1. The fourth-order valence-electron chi connectivity index (χ4n) is 2.86. The minimum atomic E-state index is -0.589. The van der Waals surface area contributed by atoms with Crippen molar-refractivity contribution in [2.24, 2.45) is 0 Å². The molecule has 0 bridgehead atoms. The molecule has 1 N–H and O–H groups in total. The summed E-state index contributed by atoms with van der Waals surface area (Å²) in [5.74, 6) is 1.44. The lowest BCUT2D eigenvalue weighted by atomic mass is 10.1. The van der Waals surface area contributed by atoms with E-state index in [1.54, 1.807) is 0 Å². The third-order valence-corrected chi connectivity index (χ3v) is 5.45. The van der Waals surface area contributed by atoms with Crippen molar-refractivity contribution in [3.8, 4) is 11.5 Å². The highest BCUT2D eigenvalue weighted by Crippen LogP contribution is 2.32. The van der Waals surface area contributed by atoms with Gasteiger partial charge in [0.05, 0.1) is 4.88 Å². The van der Waals surface area contributed by atoms with Crippen LogP contribution < -0.4 is 19.4 Å². The van der Waals surface area contributed by atoms with Gasteiger partial charge in [-0.15, -0.1) is 11.3 Å². The number of aromatic nitrogens is 1. The van der Waals surface area contributed by atoms with Crippen molar-refractivity contribution >= 4 is 34.3 Å². The second-order valence-corrected chi connectivity index (χ2v) is 7.36. The number of benzene rings is 1. The van der Waals surface area contributed by atoms with Gasteiger partial charge in [0.2, 0.25) is 12.6 Å². The number of hydrogen-bond acceptors (Lipinski definition) is 5. The molecule has 0 spiro atoms. The van der Waals surface area contributed by atoms with Gasteiger partial charge in [-0.3, -0.25) is 4.79 Å². The van der Waals surface area contributed by atoms with Gasteiger partial charge in [0, 0.05) is 18.7 Å². The Bertz CT molecular complexity index is 959. The van der Waals surface area contributed by atoms with Crippen LogP contribution in [-0.2, 0) is 6.54 Å². The molecule has 0 amide bonds. The van der Waals surface area contributed by atoms with Gasteiger partial charge in [0.1, 0.15) is 0 Å². The first-order chi connectivity index (χ1) is 13.2. The summed E-state index contributed by atoms with van der Waals surface area (Å²) in [4.78, 5) is 14.2. The Morgan fingerprint density at radius 3 is 2.74 bits per heavy atom. The van der Waals surface area contributed by atoms with Crippen LogP contribution >= 0.6 is 23.6 Å². The number of Topliss-reactive ketones (excluding diaryl/α,β-unsaturated/α-hetero) is 1. The minimum absolute atomic E-state index is 0.0237. The number of pyridine rings is 1. The highest BCUT2D eigenvalue weighted by atomic mass is 32.1. The molecule has 1 aliphatic heterocycles. The maximum atomic E-state index is 13.0. The molecule has 136 valence electrons. The SMILES string of the molecule is O=C(c1cccs1)[C@H](C(=S)NCc1ccc2c(c1)OCO2)[n+]1ccccc1. The molecule has 0 unspecified atom stereocenters. The summed E-state index contributed by atoms with van der Waals surface area (Å²) in [6.07, 6.45) is 3.70.